The van der Waals surface area contributed by atoms with E-state index in [9.17, 15) is 18.0 Å². The highest BCUT2D eigenvalue weighted by molar-refractivity contribution is 6.28. The molecule has 0 N–H and O–H groups in total. The summed E-state index contributed by atoms with van der Waals surface area (Å²) in [6.07, 6.45) is -3.08. The molecule has 0 aliphatic carbocycles. The lowest BCUT2D eigenvalue weighted by atomic mass is 9.91. The molecular formula is C15H12ClF3N2O2. The van der Waals surface area contributed by atoms with Crippen LogP contribution in [0.15, 0.2) is 36.5 Å². The summed E-state index contributed by atoms with van der Waals surface area (Å²) in [5.74, 6) is -1.09. The van der Waals surface area contributed by atoms with Crippen molar-refractivity contribution in [1.82, 2.24) is 9.97 Å². The first kappa shape index (κ1) is 17.2. The molecule has 1 heterocycles. The summed E-state index contributed by atoms with van der Waals surface area (Å²) < 4.78 is 42.6. The summed E-state index contributed by atoms with van der Waals surface area (Å²) in [4.78, 5) is 19.4. The van der Waals surface area contributed by atoms with Crippen molar-refractivity contribution in [2.24, 2.45) is 0 Å². The van der Waals surface area contributed by atoms with Crippen molar-refractivity contribution in [3.05, 3.63) is 58.6 Å². The first-order valence-electron chi connectivity index (χ1n) is 6.53. The van der Waals surface area contributed by atoms with Crippen LogP contribution in [0, 0.1) is 0 Å². The van der Waals surface area contributed by atoms with Gasteiger partial charge in [0.15, 0.2) is 0 Å². The average Bonchev–Trinajstić information content (AvgIpc) is 2.51. The minimum Gasteiger partial charge on any atom is -0.469 e. The van der Waals surface area contributed by atoms with Gasteiger partial charge >= 0.3 is 12.1 Å². The number of hydrogen-bond donors (Lipinski definition) is 0. The Balaban J connectivity index is 2.39. The van der Waals surface area contributed by atoms with Gasteiger partial charge in [-0.05, 0) is 35.4 Å². The van der Waals surface area contributed by atoms with E-state index in [-0.39, 0.29) is 11.7 Å². The van der Waals surface area contributed by atoms with Crippen molar-refractivity contribution in [2.45, 2.75) is 18.5 Å². The van der Waals surface area contributed by atoms with Gasteiger partial charge in [-0.25, -0.2) is 9.97 Å². The van der Waals surface area contributed by atoms with Gasteiger partial charge in [0.2, 0.25) is 5.28 Å². The highest BCUT2D eigenvalue weighted by Crippen LogP contribution is 2.32. The van der Waals surface area contributed by atoms with Crippen LogP contribution in [0.2, 0.25) is 5.28 Å². The van der Waals surface area contributed by atoms with Gasteiger partial charge in [-0.3, -0.25) is 4.79 Å². The molecule has 0 saturated carbocycles. The van der Waals surface area contributed by atoms with Crippen molar-refractivity contribution in [2.75, 3.05) is 7.11 Å². The van der Waals surface area contributed by atoms with Crippen LogP contribution in [0.4, 0.5) is 13.2 Å². The standard InChI is InChI=1S/C15H12ClF3N2O2/c1-23-13(22)8-11(12-6-7-20-14(16)21-12)9-2-4-10(5-3-9)15(17,18)19/h2-7,11H,8H2,1H3. The molecule has 0 radical (unpaired) electrons. The molecule has 8 heteroatoms. The van der Waals surface area contributed by atoms with Crippen LogP contribution in [0.3, 0.4) is 0 Å². The average molecular weight is 345 g/mol. The maximum atomic E-state index is 12.6. The van der Waals surface area contributed by atoms with Crippen LogP contribution in [0.1, 0.15) is 29.2 Å². The summed E-state index contributed by atoms with van der Waals surface area (Å²) in [5, 5.41) is -0.00993. The van der Waals surface area contributed by atoms with Gasteiger partial charge in [-0.2, -0.15) is 13.2 Å². The van der Waals surface area contributed by atoms with Gasteiger partial charge in [0.1, 0.15) is 0 Å². The van der Waals surface area contributed by atoms with Gasteiger partial charge in [0.25, 0.3) is 0 Å². The first-order valence-corrected chi connectivity index (χ1v) is 6.91. The monoisotopic (exact) mass is 344 g/mol. The third kappa shape index (κ3) is 4.41. The zero-order valence-corrected chi connectivity index (χ0v) is 12.7. The van der Waals surface area contributed by atoms with E-state index in [4.69, 9.17) is 11.6 Å². The number of alkyl halides is 3. The first-order chi connectivity index (χ1) is 10.8. The number of rotatable bonds is 4. The second-order valence-electron chi connectivity index (χ2n) is 4.70. The van der Waals surface area contributed by atoms with Gasteiger partial charge in [-0.1, -0.05) is 12.1 Å². The fourth-order valence-electron chi connectivity index (χ4n) is 2.09. The molecule has 0 fully saturated rings. The van der Waals surface area contributed by atoms with Crippen LogP contribution >= 0.6 is 11.6 Å². The Labute approximate surface area is 135 Å². The van der Waals surface area contributed by atoms with E-state index in [0.717, 1.165) is 12.1 Å². The summed E-state index contributed by atoms with van der Waals surface area (Å²) in [6, 6.07) is 6.10. The van der Waals surface area contributed by atoms with Crippen LogP contribution in [0.5, 0.6) is 0 Å². The summed E-state index contributed by atoms with van der Waals surface area (Å²) >= 11 is 5.74. The number of carbonyl (C=O) groups is 1. The molecule has 23 heavy (non-hydrogen) atoms. The molecule has 0 spiro atoms. The molecule has 0 aliphatic rings. The van der Waals surface area contributed by atoms with Crippen LogP contribution in [-0.2, 0) is 15.7 Å². The van der Waals surface area contributed by atoms with E-state index >= 15 is 0 Å². The van der Waals surface area contributed by atoms with Crippen molar-refractivity contribution in [3.8, 4) is 0 Å². The number of nitrogens with zero attached hydrogens (tertiary/aromatic N) is 2. The lowest BCUT2D eigenvalue weighted by Gasteiger charge is -2.17. The van der Waals surface area contributed by atoms with E-state index < -0.39 is 23.6 Å². The maximum Gasteiger partial charge on any atom is 0.416 e. The molecule has 0 aliphatic heterocycles. The Morgan fingerprint density at radius 1 is 1.26 bits per heavy atom. The molecule has 1 aromatic carbocycles. The Bertz CT molecular complexity index is 690. The Morgan fingerprint density at radius 2 is 1.91 bits per heavy atom. The second-order valence-corrected chi connectivity index (χ2v) is 5.04. The molecule has 1 atom stereocenters. The maximum absolute atomic E-state index is 12.6. The van der Waals surface area contributed by atoms with E-state index in [0.29, 0.717) is 11.3 Å². The van der Waals surface area contributed by atoms with Crippen molar-refractivity contribution in [1.29, 1.82) is 0 Å². The Kier molecular flexibility index (Phi) is 5.20. The third-order valence-electron chi connectivity index (χ3n) is 3.24. The predicted octanol–water partition coefficient (Wildman–Crippen LogP) is 3.84. The van der Waals surface area contributed by atoms with Crippen molar-refractivity contribution in [3.63, 3.8) is 0 Å². The molecule has 0 saturated heterocycles. The molecule has 4 nitrogen and oxygen atoms in total. The number of esters is 1. The Morgan fingerprint density at radius 3 is 2.43 bits per heavy atom. The summed E-state index contributed by atoms with van der Waals surface area (Å²) in [6.45, 7) is 0. The topological polar surface area (TPSA) is 52.1 Å². The number of benzene rings is 1. The molecule has 1 unspecified atom stereocenters. The second kappa shape index (κ2) is 6.95. The lowest BCUT2D eigenvalue weighted by Crippen LogP contribution is -2.12. The van der Waals surface area contributed by atoms with Crippen LogP contribution < -0.4 is 0 Å². The van der Waals surface area contributed by atoms with Crippen LogP contribution in [0.25, 0.3) is 0 Å². The number of aromatic nitrogens is 2. The van der Waals surface area contributed by atoms with E-state index in [1.165, 1.54) is 25.4 Å². The molecule has 122 valence electrons. The van der Waals surface area contributed by atoms with E-state index in [1.54, 1.807) is 6.07 Å². The molecule has 2 rings (SSSR count). The molecule has 0 amide bonds. The van der Waals surface area contributed by atoms with Crippen LogP contribution in [-0.4, -0.2) is 23.0 Å². The molecule has 0 bridgehead atoms. The predicted molar refractivity (Wildman–Crippen MR) is 77.0 cm³/mol. The normalized spacial score (nSPS) is 12.7. The van der Waals surface area contributed by atoms with Gasteiger partial charge in [0, 0.05) is 12.1 Å². The lowest BCUT2D eigenvalue weighted by molar-refractivity contribution is -0.141. The minimum absolute atomic E-state index is 0.00993. The van der Waals surface area contributed by atoms with Gasteiger partial charge in [0.05, 0.1) is 24.8 Å². The van der Waals surface area contributed by atoms with E-state index in [1.807, 2.05) is 0 Å². The zero-order chi connectivity index (χ0) is 17.0. The highest BCUT2D eigenvalue weighted by atomic mass is 35.5. The van der Waals surface area contributed by atoms with Crippen molar-refractivity contribution < 1.29 is 22.7 Å². The third-order valence-corrected chi connectivity index (χ3v) is 3.43. The molecular weight excluding hydrogens is 333 g/mol. The summed E-state index contributed by atoms with van der Waals surface area (Å²) in [7, 11) is 1.24. The Hall–Kier alpha value is -2.15. The molecule has 2 aromatic rings. The number of halogens is 4. The number of hydrogen-bond acceptors (Lipinski definition) is 4. The highest BCUT2D eigenvalue weighted by Gasteiger charge is 2.30. The summed E-state index contributed by atoms with van der Waals surface area (Å²) in [5.41, 5.74) is 0.159. The quantitative estimate of drug-likeness (QED) is 0.624. The fourth-order valence-corrected chi connectivity index (χ4v) is 2.24. The zero-order valence-electron chi connectivity index (χ0n) is 12.0. The van der Waals surface area contributed by atoms with Gasteiger partial charge in [-0.15, -0.1) is 0 Å². The van der Waals surface area contributed by atoms with Crippen molar-refractivity contribution >= 4 is 17.6 Å². The minimum atomic E-state index is -4.42. The smallest absolute Gasteiger partial charge is 0.416 e. The largest absolute Gasteiger partial charge is 0.469 e. The number of methoxy groups -OCH3 is 1. The SMILES string of the molecule is COC(=O)CC(c1ccc(C(F)(F)F)cc1)c1ccnc(Cl)n1. The number of carbonyl (C=O) groups excluding carboxylic acids is 1. The number of ether oxygens (including phenoxy) is 1. The van der Waals surface area contributed by atoms with Gasteiger partial charge < -0.3 is 4.74 Å². The molecule has 1 aromatic heterocycles. The fraction of sp³-hybridized carbons (Fsp3) is 0.267. The van der Waals surface area contributed by atoms with E-state index in [2.05, 4.69) is 14.7 Å².